The van der Waals surface area contributed by atoms with Crippen LogP contribution in [0.1, 0.15) is 0 Å². The number of hydrogen-bond donors (Lipinski definition) is 0. The van der Waals surface area contributed by atoms with Gasteiger partial charge in [0.15, 0.2) is 0 Å². The number of rotatable bonds is 11. The van der Waals surface area contributed by atoms with E-state index in [-0.39, 0.29) is 6.71 Å². The number of para-hydroxylation sites is 2. The molecule has 0 saturated carbocycles. The molecule has 0 bridgehead atoms. The molecule has 20 rings (SSSR count). The molecule has 0 atom stereocenters. The number of fused-ring (bicyclic) bond motifs is 9. The van der Waals surface area contributed by atoms with Crippen molar-refractivity contribution in [1.29, 1.82) is 0 Å². The Morgan fingerprint density at radius 1 is 0.196 bits per heavy atom. The molecular weight excluding hydrogens is 1230 g/mol. The Morgan fingerprint density at radius 2 is 0.510 bits per heavy atom. The summed E-state index contributed by atoms with van der Waals surface area (Å²) in [5.41, 5.74) is 32.2. The zero-order valence-corrected chi connectivity index (χ0v) is 55.9. The van der Waals surface area contributed by atoms with Crippen molar-refractivity contribution in [3.05, 3.63) is 388 Å². The van der Waals surface area contributed by atoms with Crippen LogP contribution in [0.25, 0.3) is 138 Å². The summed E-state index contributed by atoms with van der Waals surface area (Å²) < 4.78 is 2.49. The van der Waals surface area contributed by atoms with Crippen LogP contribution in [0.3, 0.4) is 0 Å². The first-order valence-corrected chi connectivity index (χ1v) is 35.3. The molecule has 1 aromatic heterocycles. The maximum Gasteiger partial charge on any atom is 0.252 e. The molecule has 102 heavy (non-hydrogen) atoms. The molecule has 0 aliphatic carbocycles. The number of anilines is 6. The number of nitrogens with zero attached hydrogens (tertiary/aromatic N) is 3. The number of hydrogen-bond acceptors (Lipinski definition) is 2. The smallest absolute Gasteiger partial charge is 0.252 e. The Kier molecular flexibility index (Phi) is 14.0. The first-order chi connectivity index (χ1) is 50.7. The maximum atomic E-state index is 2.68. The average molecular weight is 1290 g/mol. The normalized spacial score (nSPS) is 12.3. The fourth-order valence-corrected chi connectivity index (χ4v) is 16.9. The maximum absolute atomic E-state index is 2.68. The van der Waals surface area contributed by atoms with Gasteiger partial charge in [-0.05, 0) is 171 Å². The first kappa shape index (κ1) is 58.8. The Labute approximate surface area is 594 Å². The van der Waals surface area contributed by atoms with Crippen molar-refractivity contribution in [1.82, 2.24) is 4.57 Å². The van der Waals surface area contributed by atoms with Crippen LogP contribution in [-0.2, 0) is 0 Å². The second-order valence-corrected chi connectivity index (χ2v) is 26.9. The van der Waals surface area contributed by atoms with Crippen LogP contribution in [0.5, 0.6) is 0 Å². The fraction of sp³-hybridized carbons (Fsp3) is 0. The highest BCUT2D eigenvalue weighted by atomic mass is 15.2. The quantitative estimate of drug-likeness (QED) is 0.0944. The summed E-state index contributed by atoms with van der Waals surface area (Å²) in [6, 6.07) is 145. The van der Waals surface area contributed by atoms with E-state index in [4.69, 9.17) is 0 Å². The molecule has 2 aliphatic rings. The van der Waals surface area contributed by atoms with Crippen LogP contribution >= 0.6 is 0 Å². The van der Waals surface area contributed by atoms with Gasteiger partial charge in [-0.2, -0.15) is 0 Å². The van der Waals surface area contributed by atoms with Crippen LogP contribution in [0.4, 0.5) is 34.1 Å². The van der Waals surface area contributed by atoms with E-state index < -0.39 is 0 Å². The molecule has 3 nitrogen and oxygen atoms in total. The van der Waals surface area contributed by atoms with E-state index in [2.05, 4.69) is 403 Å². The predicted octanol–water partition coefficient (Wildman–Crippen LogP) is 24.5. The minimum Gasteiger partial charge on any atom is -0.310 e. The standard InChI is InChI=1S/C98H64BN3/c1-8-31-65(32-9-1)73-59-82(67-35-12-3-13-36-67)97(83(60-73)68-37-14-4-15-38-68)101-90-53-30-54-91-96(90)99(86-57-55-72(63-92(86)101)95-80-49-24-22-47-78(80)94(71-43-20-7-21-44-71)79-48-23-25-50-81(79)95)87-58-56-75(100-88-51-28-26-45-76(88)77-46-27-29-52-89(77)100)64-93(87)102(91)98-84(69-39-16-5-17-40-69)61-74(66-33-10-2-11-34-66)62-85(98)70-41-18-6-19-42-70/h1-64H. The van der Waals surface area contributed by atoms with Crippen molar-refractivity contribution < 1.29 is 0 Å². The molecular formula is C98H64BN3. The summed E-state index contributed by atoms with van der Waals surface area (Å²) in [6.07, 6.45) is 0. The molecule has 3 heterocycles. The minimum absolute atomic E-state index is 0.239. The third kappa shape index (κ3) is 9.52. The molecule has 2 aliphatic heterocycles. The molecule has 0 N–H and O–H groups in total. The minimum atomic E-state index is -0.239. The topological polar surface area (TPSA) is 11.4 Å². The molecule has 0 saturated heterocycles. The van der Waals surface area contributed by atoms with E-state index in [0.717, 1.165) is 123 Å². The largest absolute Gasteiger partial charge is 0.310 e. The second-order valence-electron chi connectivity index (χ2n) is 26.9. The van der Waals surface area contributed by atoms with E-state index in [1.807, 2.05) is 0 Å². The van der Waals surface area contributed by atoms with Crippen molar-refractivity contribution in [2.24, 2.45) is 0 Å². The molecule has 0 spiro atoms. The van der Waals surface area contributed by atoms with E-state index >= 15 is 0 Å². The molecule has 474 valence electrons. The van der Waals surface area contributed by atoms with Gasteiger partial charge in [0.1, 0.15) is 0 Å². The van der Waals surface area contributed by atoms with Crippen LogP contribution < -0.4 is 26.2 Å². The van der Waals surface area contributed by atoms with Crippen molar-refractivity contribution >= 4 is 101 Å². The molecule has 0 radical (unpaired) electrons. The van der Waals surface area contributed by atoms with Gasteiger partial charge in [-0.15, -0.1) is 0 Å². The van der Waals surface area contributed by atoms with E-state index in [9.17, 15) is 0 Å². The van der Waals surface area contributed by atoms with Crippen molar-refractivity contribution in [2.45, 2.75) is 0 Å². The lowest BCUT2D eigenvalue weighted by atomic mass is 9.33. The van der Waals surface area contributed by atoms with Gasteiger partial charge in [-0.3, -0.25) is 0 Å². The third-order valence-corrected chi connectivity index (χ3v) is 21.3. The summed E-state index contributed by atoms with van der Waals surface area (Å²) in [6.45, 7) is -0.239. The SMILES string of the molecule is c1ccc(-c2cc(-c3ccccc3)c(N3c4cc(-c5c6ccccc6c(-c6ccccc6)c6ccccc56)ccc4B4c5ccc(-n6c7ccccc7c7ccccc76)cc5N(c5c(-c6ccccc6)cc(-c6ccccc6)cc5-c5ccccc5)c5cccc3c54)c(-c3ccccc3)c2)cc1. The summed E-state index contributed by atoms with van der Waals surface area (Å²) in [5, 5.41) is 7.30. The van der Waals surface area contributed by atoms with Crippen molar-refractivity contribution in [2.75, 3.05) is 9.80 Å². The fourth-order valence-electron chi connectivity index (χ4n) is 16.9. The van der Waals surface area contributed by atoms with Crippen LogP contribution in [0.2, 0.25) is 0 Å². The second kappa shape index (κ2) is 24.3. The molecule has 0 unspecified atom stereocenters. The van der Waals surface area contributed by atoms with Crippen molar-refractivity contribution in [3.8, 4) is 94.7 Å². The molecule has 18 aromatic rings. The highest BCUT2D eigenvalue weighted by molar-refractivity contribution is 7.00. The molecule has 17 aromatic carbocycles. The summed E-state index contributed by atoms with van der Waals surface area (Å²) >= 11 is 0. The lowest BCUT2D eigenvalue weighted by molar-refractivity contribution is 1.17. The van der Waals surface area contributed by atoms with E-state index in [1.54, 1.807) is 0 Å². The summed E-state index contributed by atoms with van der Waals surface area (Å²) in [4.78, 5) is 5.35. The van der Waals surface area contributed by atoms with Crippen LogP contribution in [0.15, 0.2) is 388 Å². The Balaban J connectivity index is 0.942. The van der Waals surface area contributed by atoms with Gasteiger partial charge < -0.3 is 14.4 Å². The van der Waals surface area contributed by atoms with Gasteiger partial charge in [0.25, 0.3) is 6.71 Å². The molecule has 4 heteroatoms. The third-order valence-electron chi connectivity index (χ3n) is 21.3. The summed E-state index contributed by atoms with van der Waals surface area (Å²) in [5.74, 6) is 0. The number of aromatic nitrogens is 1. The van der Waals surface area contributed by atoms with Crippen molar-refractivity contribution in [3.63, 3.8) is 0 Å². The Hall–Kier alpha value is -13.3. The Bertz CT molecular complexity index is 6060. The van der Waals surface area contributed by atoms with Gasteiger partial charge in [-0.1, -0.05) is 322 Å². The predicted molar refractivity (Wildman–Crippen MR) is 433 cm³/mol. The van der Waals surface area contributed by atoms with Gasteiger partial charge in [0, 0.05) is 61.5 Å². The Morgan fingerprint density at radius 3 is 0.902 bits per heavy atom. The van der Waals surface area contributed by atoms with Gasteiger partial charge >= 0.3 is 0 Å². The molecule has 0 amide bonds. The van der Waals surface area contributed by atoms with Crippen LogP contribution in [0, 0.1) is 0 Å². The zero-order chi connectivity index (χ0) is 67.2. The average Bonchev–Trinajstić information content (AvgIpc) is 0.729. The number of benzene rings is 17. The zero-order valence-electron chi connectivity index (χ0n) is 55.9. The lowest BCUT2D eigenvalue weighted by Crippen LogP contribution is -2.61. The lowest BCUT2D eigenvalue weighted by Gasteiger charge is -2.46. The van der Waals surface area contributed by atoms with E-state index in [0.29, 0.717) is 0 Å². The van der Waals surface area contributed by atoms with Gasteiger partial charge in [0.2, 0.25) is 0 Å². The van der Waals surface area contributed by atoms with Gasteiger partial charge in [0.05, 0.1) is 22.4 Å². The molecule has 0 fully saturated rings. The van der Waals surface area contributed by atoms with Gasteiger partial charge in [-0.25, -0.2) is 0 Å². The highest BCUT2D eigenvalue weighted by Gasteiger charge is 2.45. The van der Waals surface area contributed by atoms with E-state index in [1.165, 1.54) is 65.4 Å². The summed E-state index contributed by atoms with van der Waals surface area (Å²) in [7, 11) is 0. The first-order valence-electron chi connectivity index (χ1n) is 35.3. The monoisotopic (exact) mass is 1290 g/mol. The highest BCUT2D eigenvalue weighted by Crippen LogP contribution is 2.56. The van der Waals surface area contributed by atoms with Crippen LogP contribution in [-0.4, -0.2) is 11.3 Å².